The first-order valence-electron chi connectivity index (χ1n) is 6.05. The van der Waals surface area contributed by atoms with Crippen molar-refractivity contribution in [2.75, 3.05) is 7.05 Å². The van der Waals surface area contributed by atoms with E-state index in [1.165, 1.54) is 6.92 Å². The summed E-state index contributed by atoms with van der Waals surface area (Å²) in [6.07, 6.45) is 3.13. The predicted octanol–water partition coefficient (Wildman–Crippen LogP) is 0.673. The molecule has 0 fully saturated rings. The molecule has 0 bridgehead atoms. The molecule has 18 heavy (non-hydrogen) atoms. The van der Waals surface area contributed by atoms with Crippen LogP contribution in [0.1, 0.15) is 32.4 Å². The molecule has 1 heterocycles. The first kappa shape index (κ1) is 14.2. The molecule has 1 aromatic rings. The average molecular weight is 252 g/mol. The summed E-state index contributed by atoms with van der Waals surface area (Å²) in [4.78, 5) is 24.8. The Balaban J connectivity index is 2.60. The van der Waals surface area contributed by atoms with E-state index in [0.29, 0.717) is 13.0 Å². The molecule has 0 saturated heterocycles. The Morgan fingerprint density at radius 2 is 2.28 bits per heavy atom. The van der Waals surface area contributed by atoms with E-state index in [4.69, 9.17) is 0 Å². The number of hydrogen-bond donors (Lipinski definition) is 2. The SMILES string of the molecule is CCC[C@@H](NC(C)=O)C(=O)N(C)Cc1ccn[nH]1. The lowest BCUT2D eigenvalue weighted by Gasteiger charge is -2.23. The van der Waals surface area contributed by atoms with Gasteiger partial charge in [0.2, 0.25) is 11.8 Å². The van der Waals surface area contributed by atoms with Gasteiger partial charge in [0.05, 0.1) is 12.2 Å². The van der Waals surface area contributed by atoms with Crippen LogP contribution in [0.4, 0.5) is 0 Å². The second kappa shape index (κ2) is 6.78. The molecule has 1 rings (SSSR count). The number of nitrogens with one attached hydrogen (secondary N) is 2. The highest BCUT2D eigenvalue weighted by Crippen LogP contribution is 2.05. The zero-order valence-electron chi connectivity index (χ0n) is 11.1. The first-order chi connectivity index (χ1) is 8.54. The van der Waals surface area contributed by atoms with Crippen molar-refractivity contribution in [3.63, 3.8) is 0 Å². The van der Waals surface area contributed by atoms with Gasteiger partial charge >= 0.3 is 0 Å². The molecule has 100 valence electrons. The molecule has 0 aliphatic carbocycles. The molecule has 1 aromatic heterocycles. The van der Waals surface area contributed by atoms with Crippen molar-refractivity contribution < 1.29 is 9.59 Å². The Kier molecular flexibility index (Phi) is 5.35. The zero-order valence-corrected chi connectivity index (χ0v) is 11.1. The summed E-state index contributed by atoms with van der Waals surface area (Å²) in [7, 11) is 1.72. The lowest BCUT2D eigenvalue weighted by molar-refractivity contribution is -0.135. The standard InChI is InChI=1S/C12H20N4O2/c1-4-5-11(14-9(2)17)12(18)16(3)8-10-6-7-13-15-10/h6-7,11H,4-5,8H2,1-3H3,(H,13,15)(H,14,17)/t11-/m1/s1. The van der Waals surface area contributed by atoms with Crippen LogP contribution in [0.3, 0.4) is 0 Å². The highest BCUT2D eigenvalue weighted by Gasteiger charge is 2.22. The normalized spacial score (nSPS) is 11.9. The molecule has 2 N–H and O–H groups in total. The van der Waals surface area contributed by atoms with Gasteiger partial charge in [0, 0.05) is 20.2 Å². The van der Waals surface area contributed by atoms with E-state index in [-0.39, 0.29) is 11.8 Å². The molecule has 2 amide bonds. The summed E-state index contributed by atoms with van der Waals surface area (Å²) in [5.74, 6) is -0.265. The number of aromatic nitrogens is 2. The van der Waals surface area contributed by atoms with Crippen LogP contribution in [0, 0.1) is 0 Å². The molecule has 6 heteroatoms. The molecular formula is C12H20N4O2. The van der Waals surface area contributed by atoms with Crippen molar-refractivity contribution in [2.24, 2.45) is 0 Å². The number of carbonyl (C=O) groups is 2. The van der Waals surface area contributed by atoms with Crippen LogP contribution in [0.2, 0.25) is 0 Å². The summed E-state index contributed by atoms with van der Waals surface area (Å²) in [5.41, 5.74) is 0.865. The summed E-state index contributed by atoms with van der Waals surface area (Å²) in [6, 6.07) is 1.37. The minimum absolute atomic E-state index is 0.0818. The molecule has 0 saturated carbocycles. The van der Waals surface area contributed by atoms with Crippen molar-refractivity contribution in [2.45, 2.75) is 39.3 Å². The number of amides is 2. The van der Waals surface area contributed by atoms with E-state index >= 15 is 0 Å². The van der Waals surface area contributed by atoms with E-state index in [1.54, 1.807) is 18.1 Å². The van der Waals surface area contributed by atoms with Crippen molar-refractivity contribution in [3.8, 4) is 0 Å². The molecule has 0 aromatic carbocycles. The molecule has 0 aliphatic heterocycles. The van der Waals surface area contributed by atoms with Crippen LogP contribution in [0.5, 0.6) is 0 Å². The van der Waals surface area contributed by atoms with Crippen LogP contribution in [0.15, 0.2) is 12.3 Å². The van der Waals surface area contributed by atoms with Gasteiger partial charge in [0.1, 0.15) is 6.04 Å². The van der Waals surface area contributed by atoms with E-state index in [1.807, 2.05) is 13.0 Å². The molecule has 0 radical (unpaired) electrons. The Morgan fingerprint density at radius 1 is 1.56 bits per heavy atom. The number of likely N-dealkylation sites (N-methyl/N-ethyl adjacent to an activating group) is 1. The van der Waals surface area contributed by atoms with Crippen LogP contribution in [-0.2, 0) is 16.1 Å². The van der Waals surface area contributed by atoms with Gasteiger partial charge in [-0.3, -0.25) is 14.7 Å². The highest BCUT2D eigenvalue weighted by molar-refractivity contribution is 5.86. The van der Waals surface area contributed by atoms with Gasteiger partial charge in [-0.2, -0.15) is 5.10 Å². The van der Waals surface area contributed by atoms with Crippen LogP contribution in [-0.4, -0.2) is 40.0 Å². The molecular weight excluding hydrogens is 232 g/mol. The number of nitrogens with zero attached hydrogens (tertiary/aromatic N) is 2. The van der Waals surface area contributed by atoms with E-state index in [0.717, 1.165) is 12.1 Å². The maximum atomic E-state index is 12.2. The fraction of sp³-hybridized carbons (Fsp3) is 0.583. The summed E-state index contributed by atoms with van der Waals surface area (Å²) >= 11 is 0. The maximum absolute atomic E-state index is 12.2. The summed E-state index contributed by atoms with van der Waals surface area (Å²) in [5, 5.41) is 9.32. The lowest BCUT2D eigenvalue weighted by atomic mass is 10.1. The molecule has 0 unspecified atom stereocenters. The van der Waals surface area contributed by atoms with Crippen LogP contribution < -0.4 is 5.32 Å². The molecule has 0 spiro atoms. The molecule has 6 nitrogen and oxygen atoms in total. The van der Waals surface area contributed by atoms with Gasteiger partial charge < -0.3 is 10.2 Å². The topological polar surface area (TPSA) is 78.1 Å². The van der Waals surface area contributed by atoms with Gasteiger partial charge in [-0.05, 0) is 12.5 Å². The monoisotopic (exact) mass is 252 g/mol. The van der Waals surface area contributed by atoms with Gasteiger partial charge in [-0.1, -0.05) is 13.3 Å². The van der Waals surface area contributed by atoms with Crippen molar-refractivity contribution in [1.82, 2.24) is 20.4 Å². The second-order valence-corrected chi connectivity index (χ2v) is 4.32. The smallest absolute Gasteiger partial charge is 0.245 e. The number of carbonyl (C=O) groups excluding carboxylic acids is 2. The summed E-state index contributed by atoms with van der Waals surface area (Å²) < 4.78 is 0. The first-order valence-corrected chi connectivity index (χ1v) is 6.05. The number of aromatic amines is 1. The third-order valence-corrected chi connectivity index (χ3v) is 2.60. The van der Waals surface area contributed by atoms with Crippen molar-refractivity contribution in [1.29, 1.82) is 0 Å². The molecule has 0 aliphatic rings. The minimum Gasteiger partial charge on any atom is -0.345 e. The molecule has 1 atom stereocenters. The number of rotatable bonds is 6. The Morgan fingerprint density at radius 3 is 2.78 bits per heavy atom. The predicted molar refractivity (Wildman–Crippen MR) is 67.6 cm³/mol. The second-order valence-electron chi connectivity index (χ2n) is 4.32. The third kappa shape index (κ3) is 4.20. The van der Waals surface area contributed by atoms with Crippen LogP contribution in [0.25, 0.3) is 0 Å². The average Bonchev–Trinajstić information content (AvgIpc) is 2.79. The Hall–Kier alpha value is -1.85. The van der Waals surface area contributed by atoms with Crippen molar-refractivity contribution in [3.05, 3.63) is 18.0 Å². The minimum atomic E-state index is -0.444. The largest absolute Gasteiger partial charge is 0.345 e. The number of H-pyrrole nitrogens is 1. The Labute approximate surface area is 107 Å². The Bertz CT molecular complexity index is 389. The zero-order chi connectivity index (χ0) is 13.5. The highest BCUT2D eigenvalue weighted by atomic mass is 16.2. The number of hydrogen-bond acceptors (Lipinski definition) is 3. The quantitative estimate of drug-likeness (QED) is 0.781. The fourth-order valence-electron chi connectivity index (χ4n) is 1.76. The third-order valence-electron chi connectivity index (χ3n) is 2.60. The van der Waals surface area contributed by atoms with Crippen LogP contribution >= 0.6 is 0 Å². The van der Waals surface area contributed by atoms with E-state index in [9.17, 15) is 9.59 Å². The van der Waals surface area contributed by atoms with E-state index < -0.39 is 6.04 Å². The van der Waals surface area contributed by atoms with Gasteiger partial charge in [-0.25, -0.2) is 0 Å². The lowest BCUT2D eigenvalue weighted by Crippen LogP contribution is -2.46. The van der Waals surface area contributed by atoms with Gasteiger partial charge in [0.25, 0.3) is 0 Å². The van der Waals surface area contributed by atoms with Gasteiger partial charge in [0.15, 0.2) is 0 Å². The summed E-state index contributed by atoms with van der Waals surface area (Å²) in [6.45, 7) is 3.86. The van der Waals surface area contributed by atoms with Crippen molar-refractivity contribution >= 4 is 11.8 Å². The fourth-order valence-corrected chi connectivity index (χ4v) is 1.76. The van der Waals surface area contributed by atoms with E-state index in [2.05, 4.69) is 15.5 Å². The maximum Gasteiger partial charge on any atom is 0.245 e. The van der Waals surface area contributed by atoms with Gasteiger partial charge in [-0.15, -0.1) is 0 Å².